The van der Waals surface area contributed by atoms with E-state index in [1.807, 2.05) is 6.07 Å². The summed E-state index contributed by atoms with van der Waals surface area (Å²) in [6, 6.07) is 4.03. The molecule has 6 nitrogen and oxygen atoms in total. The molecule has 1 aliphatic heterocycles. The molecule has 2 aromatic rings. The zero-order valence-corrected chi connectivity index (χ0v) is 11.8. The van der Waals surface area contributed by atoms with Crippen LogP contribution < -0.4 is 16.2 Å². The zero-order valence-electron chi connectivity index (χ0n) is 11.8. The molecule has 20 heavy (non-hydrogen) atoms. The minimum atomic E-state index is -0.153. The summed E-state index contributed by atoms with van der Waals surface area (Å²) in [4.78, 5) is 23.2. The van der Waals surface area contributed by atoms with Gasteiger partial charge in [-0.15, -0.1) is 0 Å². The van der Waals surface area contributed by atoms with Gasteiger partial charge in [0.15, 0.2) is 0 Å². The Hall–Kier alpha value is -2.08. The van der Waals surface area contributed by atoms with Gasteiger partial charge in [-0.1, -0.05) is 0 Å². The Morgan fingerprint density at radius 1 is 1.40 bits per heavy atom. The van der Waals surface area contributed by atoms with Gasteiger partial charge in [-0.3, -0.25) is 4.79 Å². The lowest BCUT2D eigenvalue weighted by atomic mass is 10.1. The van der Waals surface area contributed by atoms with Gasteiger partial charge in [0.25, 0.3) is 5.56 Å². The topological polar surface area (TPSA) is 78.2 Å². The molecule has 0 bridgehead atoms. The summed E-state index contributed by atoms with van der Waals surface area (Å²) >= 11 is 0. The molecule has 3 N–H and O–H groups in total. The number of H-pyrrole nitrogens is 1. The summed E-state index contributed by atoms with van der Waals surface area (Å²) in [6.07, 6.45) is 1.43. The highest BCUT2D eigenvalue weighted by Crippen LogP contribution is 2.29. The molecule has 1 fully saturated rings. The fourth-order valence-electron chi connectivity index (χ4n) is 2.87. The van der Waals surface area contributed by atoms with Gasteiger partial charge in [0.05, 0.1) is 28.6 Å². The Balaban J connectivity index is 2.08. The van der Waals surface area contributed by atoms with Gasteiger partial charge in [0.1, 0.15) is 0 Å². The van der Waals surface area contributed by atoms with E-state index in [-0.39, 0.29) is 5.56 Å². The molecule has 0 radical (unpaired) electrons. The van der Waals surface area contributed by atoms with Gasteiger partial charge >= 0.3 is 0 Å². The lowest BCUT2D eigenvalue weighted by Crippen LogP contribution is -2.50. The Kier molecular flexibility index (Phi) is 3.10. The quantitative estimate of drug-likeness (QED) is 0.746. The normalized spacial score (nSPS) is 20.5. The van der Waals surface area contributed by atoms with Crippen molar-refractivity contribution in [3.63, 3.8) is 0 Å². The third-order valence-corrected chi connectivity index (χ3v) is 3.93. The molecule has 2 heterocycles. The molecule has 6 heteroatoms. The number of hydrogen-bond donors (Lipinski definition) is 2. The zero-order chi connectivity index (χ0) is 14.3. The third kappa shape index (κ3) is 2.12. The summed E-state index contributed by atoms with van der Waals surface area (Å²) in [6.45, 7) is 5.12. The molecule has 1 unspecified atom stereocenters. The number of fused-ring (bicyclic) bond motifs is 1. The van der Waals surface area contributed by atoms with Gasteiger partial charge in [0.2, 0.25) is 0 Å². The minimum Gasteiger partial charge on any atom is -0.397 e. The second kappa shape index (κ2) is 4.79. The first-order valence-corrected chi connectivity index (χ1v) is 6.78. The van der Waals surface area contributed by atoms with Gasteiger partial charge in [-0.2, -0.15) is 0 Å². The first kappa shape index (κ1) is 12.9. The summed E-state index contributed by atoms with van der Waals surface area (Å²) < 4.78 is 0. The number of likely N-dealkylation sites (N-methyl/N-ethyl adjacent to an activating group) is 1. The molecule has 1 aliphatic rings. The van der Waals surface area contributed by atoms with Crippen LogP contribution in [0.25, 0.3) is 10.9 Å². The van der Waals surface area contributed by atoms with Crippen molar-refractivity contribution < 1.29 is 0 Å². The molecule has 106 valence electrons. The third-order valence-electron chi connectivity index (χ3n) is 3.93. The van der Waals surface area contributed by atoms with Crippen LogP contribution in [-0.4, -0.2) is 47.6 Å². The molecule has 0 aliphatic carbocycles. The summed E-state index contributed by atoms with van der Waals surface area (Å²) in [5, 5.41) is 0.538. The molecule has 0 spiro atoms. The Bertz CT molecular complexity index is 696. The SMILES string of the molecule is CC1CN(C)CCN1c1cc2nc[nH]c(=O)c2cc1N. The maximum Gasteiger partial charge on any atom is 0.258 e. The molecule has 0 saturated carbocycles. The molecular weight excluding hydrogens is 254 g/mol. The van der Waals surface area contributed by atoms with Crippen molar-refractivity contribution in [3.8, 4) is 0 Å². The van der Waals surface area contributed by atoms with E-state index in [9.17, 15) is 4.79 Å². The van der Waals surface area contributed by atoms with Crippen molar-refractivity contribution in [2.45, 2.75) is 13.0 Å². The van der Waals surface area contributed by atoms with E-state index < -0.39 is 0 Å². The number of aromatic amines is 1. The van der Waals surface area contributed by atoms with E-state index in [2.05, 4.69) is 33.7 Å². The van der Waals surface area contributed by atoms with Crippen LogP contribution in [0, 0.1) is 0 Å². The van der Waals surface area contributed by atoms with Crippen LogP contribution >= 0.6 is 0 Å². The summed E-state index contributed by atoms with van der Waals surface area (Å²) in [5.74, 6) is 0. The van der Waals surface area contributed by atoms with Crippen molar-refractivity contribution in [3.05, 3.63) is 28.8 Å². The maximum absolute atomic E-state index is 11.8. The first-order valence-electron chi connectivity index (χ1n) is 6.78. The number of nitrogens with one attached hydrogen (secondary N) is 1. The van der Waals surface area contributed by atoms with Gasteiger partial charge < -0.3 is 20.5 Å². The molecule has 1 atom stereocenters. The number of nitrogens with two attached hydrogens (primary N) is 1. The number of rotatable bonds is 1. The fourth-order valence-corrected chi connectivity index (χ4v) is 2.87. The standard InChI is InChI=1S/C14H19N5O/c1-9-7-18(2)3-4-19(9)13-6-12-10(5-11(13)15)14(20)17-8-16-12/h5-6,8-9H,3-4,7,15H2,1-2H3,(H,16,17,20). The summed E-state index contributed by atoms with van der Waals surface area (Å²) in [7, 11) is 2.12. The summed E-state index contributed by atoms with van der Waals surface area (Å²) in [5.41, 5.74) is 8.28. The molecule has 1 aromatic heterocycles. The highest BCUT2D eigenvalue weighted by molar-refractivity contribution is 5.88. The molecule has 1 saturated heterocycles. The lowest BCUT2D eigenvalue weighted by Gasteiger charge is -2.40. The maximum atomic E-state index is 11.8. The highest BCUT2D eigenvalue weighted by atomic mass is 16.1. The second-order valence-corrected chi connectivity index (χ2v) is 5.46. The van der Waals surface area contributed by atoms with E-state index in [0.29, 0.717) is 22.6 Å². The number of benzene rings is 1. The number of nitrogen functional groups attached to an aromatic ring is 1. The van der Waals surface area contributed by atoms with Crippen LogP contribution in [0.4, 0.5) is 11.4 Å². The number of anilines is 2. The van der Waals surface area contributed by atoms with E-state index in [1.165, 1.54) is 6.33 Å². The number of hydrogen-bond acceptors (Lipinski definition) is 5. The predicted molar refractivity (Wildman–Crippen MR) is 81.1 cm³/mol. The monoisotopic (exact) mass is 273 g/mol. The molecule has 0 amide bonds. The molecular formula is C14H19N5O. The van der Waals surface area contributed by atoms with Crippen molar-refractivity contribution >= 4 is 22.3 Å². The van der Waals surface area contributed by atoms with E-state index in [4.69, 9.17) is 5.73 Å². The van der Waals surface area contributed by atoms with Crippen LogP contribution in [0.2, 0.25) is 0 Å². The highest BCUT2D eigenvalue weighted by Gasteiger charge is 2.23. The van der Waals surface area contributed by atoms with E-state index in [0.717, 1.165) is 25.3 Å². The average molecular weight is 273 g/mol. The van der Waals surface area contributed by atoms with Crippen LogP contribution in [0.3, 0.4) is 0 Å². The predicted octanol–water partition coefficient (Wildman–Crippen LogP) is 0.646. The molecule has 1 aromatic carbocycles. The van der Waals surface area contributed by atoms with E-state index >= 15 is 0 Å². The Labute approximate surface area is 117 Å². The van der Waals surface area contributed by atoms with Crippen molar-refractivity contribution in [2.75, 3.05) is 37.3 Å². The fraction of sp³-hybridized carbons (Fsp3) is 0.429. The Morgan fingerprint density at radius 2 is 2.20 bits per heavy atom. The lowest BCUT2D eigenvalue weighted by molar-refractivity contribution is 0.276. The average Bonchev–Trinajstić information content (AvgIpc) is 2.40. The van der Waals surface area contributed by atoms with Crippen LogP contribution in [0.1, 0.15) is 6.92 Å². The van der Waals surface area contributed by atoms with Crippen molar-refractivity contribution in [1.82, 2.24) is 14.9 Å². The van der Waals surface area contributed by atoms with Crippen LogP contribution in [0.15, 0.2) is 23.3 Å². The van der Waals surface area contributed by atoms with Crippen LogP contribution in [-0.2, 0) is 0 Å². The number of piperazine rings is 1. The van der Waals surface area contributed by atoms with Gasteiger partial charge in [0, 0.05) is 25.7 Å². The smallest absolute Gasteiger partial charge is 0.258 e. The van der Waals surface area contributed by atoms with E-state index in [1.54, 1.807) is 6.07 Å². The largest absolute Gasteiger partial charge is 0.397 e. The minimum absolute atomic E-state index is 0.153. The van der Waals surface area contributed by atoms with Crippen LogP contribution in [0.5, 0.6) is 0 Å². The second-order valence-electron chi connectivity index (χ2n) is 5.46. The molecule has 3 rings (SSSR count). The van der Waals surface area contributed by atoms with Gasteiger partial charge in [-0.25, -0.2) is 4.98 Å². The number of aromatic nitrogens is 2. The Morgan fingerprint density at radius 3 is 2.95 bits per heavy atom. The number of nitrogens with zero attached hydrogens (tertiary/aromatic N) is 3. The first-order chi connectivity index (χ1) is 9.56. The van der Waals surface area contributed by atoms with Gasteiger partial charge in [-0.05, 0) is 26.1 Å². The van der Waals surface area contributed by atoms with Crippen molar-refractivity contribution in [2.24, 2.45) is 0 Å². The van der Waals surface area contributed by atoms with Crippen molar-refractivity contribution in [1.29, 1.82) is 0 Å².